The standard InChI is InChI=1S/C17H17ClN2O2/c18-13-6-12-7-15(11-4-2-1-3-5-11)20-17(12)16(8-13)19-14(9-21)10-22/h1-8,14,19-22H,9-10H2. The molecule has 0 atom stereocenters. The first kappa shape index (κ1) is 14.9. The maximum absolute atomic E-state index is 9.25. The van der Waals surface area contributed by atoms with Gasteiger partial charge in [-0.25, -0.2) is 0 Å². The van der Waals surface area contributed by atoms with Crippen LogP contribution in [-0.2, 0) is 0 Å². The SMILES string of the molecule is OCC(CO)Nc1cc(Cl)cc2cc(-c3ccccc3)[nH]c12. The lowest BCUT2D eigenvalue weighted by Gasteiger charge is -2.15. The summed E-state index contributed by atoms with van der Waals surface area (Å²) in [5.74, 6) is 0. The molecule has 4 N–H and O–H groups in total. The monoisotopic (exact) mass is 316 g/mol. The summed E-state index contributed by atoms with van der Waals surface area (Å²) in [5, 5.41) is 23.2. The van der Waals surface area contributed by atoms with Crippen LogP contribution in [-0.4, -0.2) is 34.5 Å². The van der Waals surface area contributed by atoms with Crippen molar-refractivity contribution < 1.29 is 10.2 Å². The number of aromatic amines is 1. The fourth-order valence-corrected chi connectivity index (χ4v) is 2.69. The minimum absolute atomic E-state index is 0.156. The van der Waals surface area contributed by atoms with E-state index in [2.05, 4.69) is 10.3 Å². The number of halogens is 1. The first-order chi connectivity index (χ1) is 10.7. The molecule has 0 fully saturated rings. The van der Waals surface area contributed by atoms with Crippen molar-refractivity contribution in [2.24, 2.45) is 0 Å². The van der Waals surface area contributed by atoms with E-state index in [1.54, 1.807) is 6.07 Å². The number of aliphatic hydroxyl groups excluding tert-OH is 2. The number of fused-ring (bicyclic) bond motifs is 1. The summed E-state index contributed by atoms with van der Waals surface area (Å²) in [6.07, 6.45) is 0. The molecule has 5 heteroatoms. The van der Waals surface area contributed by atoms with Crippen LogP contribution in [0, 0.1) is 0 Å². The van der Waals surface area contributed by atoms with Crippen LogP contribution in [0.1, 0.15) is 0 Å². The van der Waals surface area contributed by atoms with E-state index in [-0.39, 0.29) is 13.2 Å². The molecule has 3 aromatic rings. The molecule has 0 aliphatic heterocycles. The van der Waals surface area contributed by atoms with E-state index in [0.717, 1.165) is 27.8 Å². The van der Waals surface area contributed by atoms with Crippen LogP contribution in [0.2, 0.25) is 5.02 Å². The lowest BCUT2D eigenvalue weighted by atomic mass is 10.1. The number of hydrogen-bond acceptors (Lipinski definition) is 3. The van der Waals surface area contributed by atoms with Crippen molar-refractivity contribution >= 4 is 28.2 Å². The second kappa shape index (κ2) is 6.40. The summed E-state index contributed by atoms with van der Waals surface area (Å²) in [6, 6.07) is 15.3. The maximum atomic E-state index is 9.25. The van der Waals surface area contributed by atoms with Gasteiger partial charge in [0.2, 0.25) is 0 Å². The van der Waals surface area contributed by atoms with Gasteiger partial charge in [0, 0.05) is 16.1 Å². The molecule has 2 aromatic carbocycles. The van der Waals surface area contributed by atoms with Gasteiger partial charge in [-0.05, 0) is 23.8 Å². The highest BCUT2D eigenvalue weighted by Gasteiger charge is 2.12. The molecule has 0 bridgehead atoms. The Hall–Kier alpha value is -2.01. The first-order valence-corrected chi connectivity index (χ1v) is 7.45. The quantitative estimate of drug-likeness (QED) is 0.584. The van der Waals surface area contributed by atoms with Crippen molar-refractivity contribution in [2.75, 3.05) is 18.5 Å². The van der Waals surface area contributed by atoms with Crippen LogP contribution in [0.25, 0.3) is 22.2 Å². The van der Waals surface area contributed by atoms with E-state index in [4.69, 9.17) is 11.6 Å². The molecule has 22 heavy (non-hydrogen) atoms. The minimum Gasteiger partial charge on any atom is -0.394 e. The zero-order valence-corrected chi connectivity index (χ0v) is 12.6. The number of H-pyrrole nitrogens is 1. The average molecular weight is 317 g/mol. The van der Waals surface area contributed by atoms with E-state index in [1.807, 2.05) is 42.5 Å². The Morgan fingerprint density at radius 2 is 1.77 bits per heavy atom. The van der Waals surface area contributed by atoms with Gasteiger partial charge < -0.3 is 20.5 Å². The van der Waals surface area contributed by atoms with Crippen molar-refractivity contribution in [1.82, 2.24) is 4.98 Å². The number of aliphatic hydroxyl groups is 2. The van der Waals surface area contributed by atoms with Gasteiger partial charge in [-0.1, -0.05) is 41.9 Å². The molecule has 0 aliphatic carbocycles. The molecule has 3 rings (SSSR count). The Labute approximate surface area is 133 Å². The number of nitrogens with one attached hydrogen (secondary N) is 2. The number of rotatable bonds is 5. The molecule has 0 radical (unpaired) electrons. The van der Waals surface area contributed by atoms with Crippen LogP contribution < -0.4 is 5.32 Å². The summed E-state index contributed by atoms with van der Waals surface area (Å²) < 4.78 is 0. The topological polar surface area (TPSA) is 68.3 Å². The Bertz CT molecular complexity index is 767. The van der Waals surface area contributed by atoms with Gasteiger partial charge in [-0.15, -0.1) is 0 Å². The van der Waals surface area contributed by atoms with Gasteiger partial charge in [-0.2, -0.15) is 0 Å². The highest BCUT2D eigenvalue weighted by Crippen LogP contribution is 2.32. The summed E-state index contributed by atoms with van der Waals surface area (Å²) in [6.45, 7) is -0.312. The van der Waals surface area contributed by atoms with Gasteiger partial charge in [0.15, 0.2) is 0 Å². The van der Waals surface area contributed by atoms with Crippen LogP contribution >= 0.6 is 11.6 Å². The van der Waals surface area contributed by atoms with Gasteiger partial charge in [0.1, 0.15) is 0 Å². The number of benzene rings is 2. The van der Waals surface area contributed by atoms with E-state index < -0.39 is 6.04 Å². The molecule has 0 aliphatic rings. The summed E-state index contributed by atoms with van der Waals surface area (Å²) in [7, 11) is 0. The molecule has 4 nitrogen and oxygen atoms in total. The zero-order chi connectivity index (χ0) is 15.5. The summed E-state index contributed by atoms with van der Waals surface area (Å²) in [5.41, 5.74) is 3.74. The fraction of sp³-hybridized carbons (Fsp3) is 0.176. The normalized spacial score (nSPS) is 11.3. The lowest BCUT2D eigenvalue weighted by molar-refractivity contribution is 0.204. The molecule has 0 saturated heterocycles. The maximum Gasteiger partial charge on any atom is 0.0723 e. The van der Waals surface area contributed by atoms with Crippen molar-refractivity contribution in [3.8, 4) is 11.3 Å². The third-order valence-corrected chi connectivity index (χ3v) is 3.80. The Morgan fingerprint density at radius 1 is 1.05 bits per heavy atom. The fourth-order valence-electron chi connectivity index (χ4n) is 2.46. The molecule has 1 heterocycles. The molecule has 0 saturated carbocycles. The molecule has 0 spiro atoms. The largest absolute Gasteiger partial charge is 0.394 e. The predicted octanol–water partition coefficient (Wildman–Crippen LogP) is 3.25. The number of anilines is 1. The number of aromatic nitrogens is 1. The third-order valence-electron chi connectivity index (χ3n) is 3.58. The van der Waals surface area contributed by atoms with Crippen molar-refractivity contribution in [3.05, 3.63) is 53.6 Å². The van der Waals surface area contributed by atoms with Gasteiger partial charge >= 0.3 is 0 Å². The second-order valence-corrected chi connectivity index (χ2v) is 5.61. The molecule has 1 aromatic heterocycles. The Balaban J connectivity index is 2.07. The van der Waals surface area contributed by atoms with Crippen LogP contribution in [0.3, 0.4) is 0 Å². The average Bonchev–Trinajstić information content (AvgIpc) is 2.97. The molecule has 0 amide bonds. The van der Waals surface area contributed by atoms with Crippen LogP contribution in [0.5, 0.6) is 0 Å². The number of hydrogen-bond donors (Lipinski definition) is 4. The summed E-state index contributed by atoms with van der Waals surface area (Å²) in [4.78, 5) is 3.38. The van der Waals surface area contributed by atoms with Crippen LogP contribution in [0.15, 0.2) is 48.5 Å². The summed E-state index contributed by atoms with van der Waals surface area (Å²) >= 11 is 6.17. The van der Waals surface area contributed by atoms with Crippen molar-refractivity contribution in [3.63, 3.8) is 0 Å². The van der Waals surface area contributed by atoms with E-state index >= 15 is 0 Å². The second-order valence-electron chi connectivity index (χ2n) is 5.17. The van der Waals surface area contributed by atoms with Crippen LogP contribution in [0.4, 0.5) is 5.69 Å². The van der Waals surface area contributed by atoms with E-state index in [0.29, 0.717) is 5.02 Å². The Morgan fingerprint density at radius 3 is 2.45 bits per heavy atom. The van der Waals surface area contributed by atoms with Gasteiger partial charge in [0.25, 0.3) is 0 Å². The molecule has 114 valence electrons. The zero-order valence-electron chi connectivity index (χ0n) is 11.9. The van der Waals surface area contributed by atoms with Crippen molar-refractivity contribution in [1.29, 1.82) is 0 Å². The Kier molecular flexibility index (Phi) is 4.34. The van der Waals surface area contributed by atoms with E-state index in [1.165, 1.54) is 0 Å². The third kappa shape index (κ3) is 2.95. The molecular weight excluding hydrogens is 300 g/mol. The van der Waals surface area contributed by atoms with Gasteiger partial charge in [0.05, 0.1) is 30.5 Å². The lowest BCUT2D eigenvalue weighted by Crippen LogP contribution is -2.27. The van der Waals surface area contributed by atoms with Crippen molar-refractivity contribution in [2.45, 2.75) is 6.04 Å². The smallest absolute Gasteiger partial charge is 0.0723 e. The molecular formula is C17H17ClN2O2. The van der Waals surface area contributed by atoms with E-state index in [9.17, 15) is 10.2 Å². The minimum atomic E-state index is -0.426. The highest BCUT2D eigenvalue weighted by molar-refractivity contribution is 6.32. The first-order valence-electron chi connectivity index (χ1n) is 7.07. The molecule has 0 unspecified atom stereocenters. The predicted molar refractivity (Wildman–Crippen MR) is 90.3 cm³/mol. The highest BCUT2D eigenvalue weighted by atomic mass is 35.5. The van der Waals surface area contributed by atoms with Gasteiger partial charge in [-0.3, -0.25) is 0 Å².